The van der Waals surface area contributed by atoms with Crippen LogP contribution < -0.4 is 5.32 Å². The molecule has 2 aromatic heterocycles. The minimum Gasteiger partial charge on any atom is -0.340 e. The first kappa shape index (κ1) is 19.4. The van der Waals surface area contributed by atoms with Crippen molar-refractivity contribution in [1.82, 2.24) is 15.1 Å². The van der Waals surface area contributed by atoms with Crippen molar-refractivity contribution in [3.05, 3.63) is 76.8 Å². The van der Waals surface area contributed by atoms with Crippen molar-refractivity contribution in [2.75, 3.05) is 5.32 Å². The van der Waals surface area contributed by atoms with E-state index >= 15 is 0 Å². The summed E-state index contributed by atoms with van der Waals surface area (Å²) < 4.78 is 5.00. The number of nitrogens with one attached hydrogen (secondary N) is 1. The molecule has 8 heteroatoms. The molecule has 0 radical (unpaired) electrons. The van der Waals surface area contributed by atoms with Gasteiger partial charge in [-0.05, 0) is 24.6 Å². The van der Waals surface area contributed by atoms with Crippen molar-refractivity contribution in [3.63, 3.8) is 0 Å². The lowest BCUT2D eigenvalue weighted by atomic mass is 10.1. The first-order valence-electron chi connectivity index (χ1n) is 8.94. The van der Waals surface area contributed by atoms with Gasteiger partial charge in [0.05, 0.1) is 17.0 Å². The third-order valence-corrected chi connectivity index (χ3v) is 6.03. The van der Waals surface area contributed by atoms with E-state index in [0.717, 1.165) is 21.7 Å². The second kappa shape index (κ2) is 8.59. The van der Waals surface area contributed by atoms with Gasteiger partial charge in [0.1, 0.15) is 0 Å². The first-order chi connectivity index (χ1) is 14.1. The lowest BCUT2D eigenvalue weighted by Gasteiger charge is -2.07. The third-order valence-electron chi connectivity index (χ3n) is 4.20. The van der Waals surface area contributed by atoms with Gasteiger partial charge in [0.15, 0.2) is 11.0 Å². The molecule has 0 aliphatic carbocycles. The van der Waals surface area contributed by atoms with E-state index in [1.54, 1.807) is 13.0 Å². The fourth-order valence-corrected chi connectivity index (χ4v) is 4.40. The van der Waals surface area contributed by atoms with Crippen molar-refractivity contribution in [2.45, 2.75) is 24.5 Å². The van der Waals surface area contributed by atoms with Crippen molar-refractivity contribution in [2.24, 2.45) is 0 Å². The maximum absolute atomic E-state index is 12.9. The summed E-state index contributed by atoms with van der Waals surface area (Å²) in [7, 11) is 0. The van der Waals surface area contributed by atoms with E-state index < -0.39 is 0 Å². The second-order valence-electron chi connectivity index (χ2n) is 6.32. The van der Waals surface area contributed by atoms with Crippen molar-refractivity contribution in [1.29, 1.82) is 0 Å². The Balaban J connectivity index is 1.48. The standard InChI is InChI=1S/C21H18N4O2S2/c1-13-7-3-4-8-15(13)17-11-29-21(23-17)24-20(26)16-9-5-6-10-18(16)28-12-19-22-14(2)27-25-19/h3-11H,12H2,1-2H3,(H,23,24,26). The molecule has 2 aromatic carbocycles. The Bertz CT molecular complexity index is 1150. The van der Waals surface area contributed by atoms with Gasteiger partial charge in [0.25, 0.3) is 5.91 Å². The molecule has 0 spiro atoms. The van der Waals surface area contributed by atoms with Gasteiger partial charge in [-0.25, -0.2) is 4.98 Å². The molecule has 0 saturated carbocycles. The predicted octanol–water partition coefficient (Wildman–Crippen LogP) is 5.35. The van der Waals surface area contributed by atoms with E-state index in [1.165, 1.54) is 23.1 Å². The molecular weight excluding hydrogens is 404 g/mol. The Hall–Kier alpha value is -2.97. The number of anilines is 1. The molecule has 2 heterocycles. The van der Waals surface area contributed by atoms with E-state index in [1.807, 2.05) is 54.8 Å². The van der Waals surface area contributed by atoms with Gasteiger partial charge in [-0.3, -0.25) is 10.1 Å². The van der Waals surface area contributed by atoms with Gasteiger partial charge in [0.2, 0.25) is 5.89 Å². The molecule has 1 amide bonds. The van der Waals surface area contributed by atoms with Crippen LogP contribution in [0.4, 0.5) is 5.13 Å². The van der Waals surface area contributed by atoms with E-state index in [9.17, 15) is 4.79 Å². The molecule has 4 aromatic rings. The minimum absolute atomic E-state index is 0.192. The lowest BCUT2D eigenvalue weighted by Crippen LogP contribution is -2.12. The molecule has 0 atom stereocenters. The summed E-state index contributed by atoms with van der Waals surface area (Å²) in [6.45, 7) is 3.80. The van der Waals surface area contributed by atoms with Crippen molar-refractivity contribution >= 4 is 34.1 Å². The molecule has 4 rings (SSSR count). The maximum Gasteiger partial charge on any atom is 0.258 e. The predicted molar refractivity (Wildman–Crippen MR) is 115 cm³/mol. The number of thiazole rings is 1. The first-order valence-corrected chi connectivity index (χ1v) is 10.8. The third kappa shape index (κ3) is 4.55. The average Bonchev–Trinajstić information content (AvgIpc) is 3.36. The van der Waals surface area contributed by atoms with E-state index in [-0.39, 0.29) is 5.91 Å². The quantitative estimate of drug-likeness (QED) is 0.422. The van der Waals surface area contributed by atoms with E-state index in [4.69, 9.17) is 4.52 Å². The van der Waals surface area contributed by atoms with Crippen molar-refractivity contribution < 1.29 is 9.32 Å². The summed E-state index contributed by atoms with van der Waals surface area (Å²) in [6.07, 6.45) is 0. The van der Waals surface area contributed by atoms with Gasteiger partial charge in [0, 0.05) is 22.8 Å². The zero-order valence-electron chi connectivity index (χ0n) is 15.9. The molecule has 0 fully saturated rings. The van der Waals surface area contributed by atoms with Crippen LogP contribution in [0.3, 0.4) is 0 Å². The molecule has 0 bridgehead atoms. The number of thioether (sulfide) groups is 1. The number of hydrogen-bond acceptors (Lipinski definition) is 7. The Morgan fingerprint density at radius 3 is 2.69 bits per heavy atom. The monoisotopic (exact) mass is 422 g/mol. The summed E-state index contributed by atoms with van der Waals surface area (Å²) in [4.78, 5) is 22.5. The van der Waals surface area contributed by atoms with Gasteiger partial charge < -0.3 is 4.52 Å². The number of hydrogen-bond donors (Lipinski definition) is 1. The Morgan fingerprint density at radius 2 is 1.90 bits per heavy atom. The van der Waals surface area contributed by atoms with Gasteiger partial charge in [-0.2, -0.15) is 4.98 Å². The lowest BCUT2D eigenvalue weighted by molar-refractivity contribution is 0.102. The number of rotatable bonds is 6. The summed E-state index contributed by atoms with van der Waals surface area (Å²) in [5, 5.41) is 9.34. The molecule has 6 nitrogen and oxygen atoms in total. The number of amides is 1. The molecule has 0 aliphatic heterocycles. The fourth-order valence-electron chi connectivity index (χ4n) is 2.80. The number of carbonyl (C=O) groups excluding carboxylic acids is 1. The Kier molecular flexibility index (Phi) is 5.73. The Labute approximate surface area is 176 Å². The van der Waals surface area contributed by atoms with Crippen LogP contribution in [0.25, 0.3) is 11.3 Å². The van der Waals surface area contributed by atoms with Crippen LogP contribution in [-0.2, 0) is 5.75 Å². The average molecular weight is 423 g/mol. The molecular formula is C21H18N4O2S2. The summed E-state index contributed by atoms with van der Waals surface area (Å²) in [5.74, 6) is 1.46. The van der Waals surface area contributed by atoms with Crippen molar-refractivity contribution in [3.8, 4) is 11.3 Å². The number of aromatic nitrogens is 3. The van der Waals surface area contributed by atoms with Crippen LogP contribution >= 0.6 is 23.1 Å². The van der Waals surface area contributed by atoms with Gasteiger partial charge in [-0.15, -0.1) is 23.1 Å². The fraction of sp³-hybridized carbons (Fsp3) is 0.143. The largest absolute Gasteiger partial charge is 0.340 e. The molecule has 0 aliphatic rings. The number of carbonyl (C=O) groups is 1. The highest BCUT2D eigenvalue weighted by atomic mass is 32.2. The second-order valence-corrected chi connectivity index (χ2v) is 8.20. The van der Waals surface area contributed by atoms with Crippen LogP contribution in [-0.4, -0.2) is 21.0 Å². The van der Waals surface area contributed by atoms with Crippen LogP contribution in [0.15, 0.2) is 63.3 Å². The highest BCUT2D eigenvalue weighted by Gasteiger charge is 2.15. The molecule has 1 N–H and O–H groups in total. The summed E-state index contributed by atoms with van der Waals surface area (Å²) in [5.41, 5.74) is 3.66. The SMILES string of the molecule is Cc1nc(CSc2ccccc2C(=O)Nc2nc(-c3ccccc3C)cs2)no1. The molecule has 0 saturated heterocycles. The van der Waals surface area contributed by atoms with Crippen LogP contribution in [0.2, 0.25) is 0 Å². The highest BCUT2D eigenvalue weighted by Crippen LogP contribution is 2.29. The van der Waals surface area contributed by atoms with Crippen LogP contribution in [0.5, 0.6) is 0 Å². The van der Waals surface area contributed by atoms with E-state index in [0.29, 0.717) is 28.2 Å². The highest BCUT2D eigenvalue weighted by molar-refractivity contribution is 7.98. The molecule has 29 heavy (non-hydrogen) atoms. The smallest absolute Gasteiger partial charge is 0.258 e. The minimum atomic E-state index is -0.192. The number of aryl methyl sites for hydroxylation is 2. The van der Waals surface area contributed by atoms with E-state index in [2.05, 4.69) is 20.4 Å². The maximum atomic E-state index is 12.9. The number of nitrogens with zero attached hydrogens (tertiary/aromatic N) is 3. The summed E-state index contributed by atoms with van der Waals surface area (Å²) in [6, 6.07) is 15.5. The van der Waals surface area contributed by atoms with Gasteiger partial charge in [-0.1, -0.05) is 41.6 Å². The molecule has 146 valence electrons. The summed E-state index contributed by atoms with van der Waals surface area (Å²) >= 11 is 2.91. The molecule has 0 unspecified atom stereocenters. The zero-order chi connectivity index (χ0) is 20.2. The van der Waals surface area contributed by atoms with Crippen LogP contribution in [0.1, 0.15) is 27.6 Å². The Morgan fingerprint density at radius 1 is 1.10 bits per heavy atom. The van der Waals surface area contributed by atoms with Gasteiger partial charge >= 0.3 is 0 Å². The van der Waals surface area contributed by atoms with Crippen LogP contribution in [0, 0.1) is 13.8 Å². The topological polar surface area (TPSA) is 80.9 Å². The normalized spacial score (nSPS) is 10.8. The zero-order valence-corrected chi connectivity index (χ0v) is 17.5. The number of benzene rings is 2.